The maximum absolute atomic E-state index is 14.2. The molecule has 2 aromatic carbocycles. The molecular formula is C31H30ClN3O5. The van der Waals surface area contributed by atoms with Crippen molar-refractivity contribution < 1.29 is 24.0 Å². The SMILES string of the molecule is CCOC(=O)C1CC=CCC1N1C(=O)c2ccccc2C(C(=O)NOCc2ccccn2)C1c1ccc(Cl)cc1. The Bertz CT molecular complexity index is 1400. The smallest absolute Gasteiger partial charge is 0.311 e. The third-order valence-corrected chi connectivity index (χ3v) is 7.59. The summed E-state index contributed by atoms with van der Waals surface area (Å²) in [4.78, 5) is 52.7. The molecule has 2 heterocycles. The summed E-state index contributed by atoms with van der Waals surface area (Å²) in [6.45, 7) is 2.07. The number of nitrogens with one attached hydrogen (secondary N) is 1. The molecule has 1 N–H and O–H groups in total. The van der Waals surface area contributed by atoms with Crippen LogP contribution in [0.3, 0.4) is 0 Å². The van der Waals surface area contributed by atoms with E-state index in [9.17, 15) is 14.4 Å². The first-order valence-electron chi connectivity index (χ1n) is 13.3. The van der Waals surface area contributed by atoms with Gasteiger partial charge in [0.15, 0.2) is 0 Å². The first-order valence-corrected chi connectivity index (χ1v) is 13.7. The summed E-state index contributed by atoms with van der Waals surface area (Å²) in [6, 6.07) is 18.4. The van der Waals surface area contributed by atoms with Crippen LogP contribution in [0.2, 0.25) is 5.02 Å². The third kappa shape index (κ3) is 5.64. The molecule has 0 spiro atoms. The fraction of sp³-hybridized carbons (Fsp3) is 0.290. The molecule has 1 aliphatic carbocycles. The molecular weight excluding hydrogens is 530 g/mol. The van der Waals surface area contributed by atoms with Crippen LogP contribution in [-0.2, 0) is 25.8 Å². The predicted molar refractivity (Wildman–Crippen MR) is 149 cm³/mol. The van der Waals surface area contributed by atoms with E-state index in [0.29, 0.717) is 40.2 Å². The number of benzene rings is 2. The molecule has 0 radical (unpaired) electrons. The average Bonchev–Trinajstić information content (AvgIpc) is 2.98. The number of ether oxygens (including phenoxy) is 1. The summed E-state index contributed by atoms with van der Waals surface area (Å²) in [6.07, 6.45) is 6.44. The molecule has 5 rings (SSSR count). The summed E-state index contributed by atoms with van der Waals surface area (Å²) in [7, 11) is 0. The minimum atomic E-state index is -0.826. The number of carbonyl (C=O) groups excluding carboxylic acids is 3. The summed E-state index contributed by atoms with van der Waals surface area (Å²) in [5.41, 5.74) is 4.97. The minimum Gasteiger partial charge on any atom is -0.466 e. The first-order chi connectivity index (χ1) is 19.5. The molecule has 1 aromatic heterocycles. The molecule has 0 fully saturated rings. The number of carbonyl (C=O) groups is 3. The Hall–Kier alpha value is -4.01. The van der Waals surface area contributed by atoms with E-state index in [-0.39, 0.29) is 25.1 Å². The van der Waals surface area contributed by atoms with Gasteiger partial charge in [0.1, 0.15) is 6.61 Å². The zero-order valence-electron chi connectivity index (χ0n) is 22.0. The van der Waals surface area contributed by atoms with Crippen LogP contribution in [0.15, 0.2) is 85.1 Å². The fourth-order valence-electron chi connectivity index (χ4n) is 5.55. The number of amides is 2. The summed E-state index contributed by atoms with van der Waals surface area (Å²) in [5, 5.41) is 0.530. The number of halogens is 1. The van der Waals surface area contributed by atoms with Crippen LogP contribution in [0.5, 0.6) is 0 Å². The monoisotopic (exact) mass is 559 g/mol. The van der Waals surface area contributed by atoms with Gasteiger partial charge >= 0.3 is 5.97 Å². The molecule has 40 heavy (non-hydrogen) atoms. The van der Waals surface area contributed by atoms with Crippen molar-refractivity contribution >= 4 is 29.4 Å². The van der Waals surface area contributed by atoms with Crippen LogP contribution >= 0.6 is 11.6 Å². The molecule has 2 aliphatic rings. The molecule has 206 valence electrons. The highest BCUT2D eigenvalue weighted by Gasteiger charge is 2.49. The van der Waals surface area contributed by atoms with Gasteiger partial charge in [0.05, 0.1) is 30.2 Å². The van der Waals surface area contributed by atoms with Crippen LogP contribution < -0.4 is 5.48 Å². The standard InChI is InChI=1S/C31H30ClN3O5/c1-2-39-31(38)25-12-5-6-13-26(25)35-28(20-14-16-21(32)17-15-20)27(23-10-3-4-11-24(23)30(35)37)29(36)34-40-19-22-9-7-8-18-33-22/h3-11,14-18,25-28H,2,12-13,19H2,1H3,(H,34,36). The van der Waals surface area contributed by atoms with Gasteiger partial charge in [-0.15, -0.1) is 0 Å². The largest absolute Gasteiger partial charge is 0.466 e. The lowest BCUT2D eigenvalue weighted by Gasteiger charge is -2.47. The lowest BCUT2D eigenvalue weighted by atomic mass is 9.76. The number of hydrogen-bond acceptors (Lipinski definition) is 6. The number of nitrogens with zero attached hydrogens (tertiary/aromatic N) is 2. The van der Waals surface area contributed by atoms with Gasteiger partial charge in [0, 0.05) is 22.8 Å². The lowest BCUT2D eigenvalue weighted by molar-refractivity contribution is -0.150. The zero-order chi connectivity index (χ0) is 28.1. The Morgan fingerprint density at radius 1 is 1.02 bits per heavy atom. The summed E-state index contributed by atoms with van der Waals surface area (Å²) >= 11 is 6.21. The topological polar surface area (TPSA) is 97.8 Å². The zero-order valence-corrected chi connectivity index (χ0v) is 22.8. The van der Waals surface area contributed by atoms with Crippen molar-refractivity contribution in [1.29, 1.82) is 0 Å². The van der Waals surface area contributed by atoms with E-state index in [1.807, 2.05) is 30.4 Å². The maximum atomic E-state index is 14.2. The number of aromatic nitrogens is 1. The number of esters is 1. The van der Waals surface area contributed by atoms with E-state index >= 15 is 0 Å². The molecule has 1 aliphatic heterocycles. The number of hydrogen-bond donors (Lipinski definition) is 1. The number of hydroxylamine groups is 1. The van der Waals surface area contributed by atoms with Crippen molar-refractivity contribution in [2.75, 3.05) is 6.61 Å². The van der Waals surface area contributed by atoms with E-state index in [1.54, 1.807) is 66.6 Å². The molecule has 0 bridgehead atoms. The maximum Gasteiger partial charge on any atom is 0.311 e. The molecule has 9 heteroatoms. The van der Waals surface area contributed by atoms with Crippen LogP contribution in [0.1, 0.15) is 58.9 Å². The van der Waals surface area contributed by atoms with E-state index in [0.717, 1.165) is 0 Å². The lowest BCUT2D eigenvalue weighted by Crippen LogP contribution is -2.55. The van der Waals surface area contributed by atoms with Gasteiger partial charge in [0.2, 0.25) is 0 Å². The highest BCUT2D eigenvalue weighted by molar-refractivity contribution is 6.30. The Morgan fingerprint density at radius 2 is 1.77 bits per heavy atom. The van der Waals surface area contributed by atoms with Crippen molar-refractivity contribution in [2.24, 2.45) is 5.92 Å². The Balaban J connectivity index is 1.57. The third-order valence-electron chi connectivity index (χ3n) is 7.33. The van der Waals surface area contributed by atoms with Crippen molar-refractivity contribution in [2.45, 2.75) is 44.4 Å². The van der Waals surface area contributed by atoms with Crippen LogP contribution in [0.4, 0.5) is 0 Å². The van der Waals surface area contributed by atoms with Crippen LogP contribution in [-0.4, -0.2) is 40.3 Å². The molecule has 3 aromatic rings. The van der Waals surface area contributed by atoms with E-state index in [4.69, 9.17) is 21.2 Å². The molecule has 0 saturated heterocycles. The predicted octanol–water partition coefficient (Wildman–Crippen LogP) is 5.16. The molecule has 2 amide bonds. The van der Waals surface area contributed by atoms with E-state index in [2.05, 4.69) is 10.5 Å². The number of pyridine rings is 1. The molecule has 4 atom stereocenters. The Kier molecular flexibility index (Phi) is 8.57. The number of fused-ring (bicyclic) bond motifs is 1. The van der Waals surface area contributed by atoms with Crippen LogP contribution in [0.25, 0.3) is 0 Å². The van der Waals surface area contributed by atoms with Gasteiger partial charge < -0.3 is 9.64 Å². The van der Waals surface area contributed by atoms with Gasteiger partial charge in [-0.05, 0) is 61.2 Å². The first kappa shape index (κ1) is 27.6. The molecule has 4 unspecified atom stereocenters. The molecule has 0 saturated carbocycles. The van der Waals surface area contributed by atoms with Gasteiger partial charge in [0.25, 0.3) is 11.8 Å². The Morgan fingerprint density at radius 3 is 2.52 bits per heavy atom. The normalized spacial score (nSPS) is 21.9. The fourth-order valence-corrected chi connectivity index (χ4v) is 5.68. The number of rotatable bonds is 8. The van der Waals surface area contributed by atoms with Crippen molar-refractivity contribution in [3.63, 3.8) is 0 Å². The number of allylic oxidation sites excluding steroid dienone is 1. The highest BCUT2D eigenvalue weighted by Crippen LogP contribution is 2.46. The molecule has 8 nitrogen and oxygen atoms in total. The average molecular weight is 560 g/mol. The second-order valence-electron chi connectivity index (χ2n) is 9.72. The second-order valence-corrected chi connectivity index (χ2v) is 10.2. The summed E-state index contributed by atoms with van der Waals surface area (Å²) < 4.78 is 5.40. The van der Waals surface area contributed by atoms with E-state index < -0.39 is 29.8 Å². The van der Waals surface area contributed by atoms with Crippen molar-refractivity contribution in [3.05, 3.63) is 112 Å². The van der Waals surface area contributed by atoms with Crippen LogP contribution in [0, 0.1) is 5.92 Å². The van der Waals surface area contributed by atoms with E-state index in [1.165, 1.54) is 0 Å². The minimum absolute atomic E-state index is 0.0769. The van der Waals surface area contributed by atoms with Gasteiger partial charge in [-0.3, -0.25) is 24.2 Å². The van der Waals surface area contributed by atoms with Crippen molar-refractivity contribution in [1.82, 2.24) is 15.4 Å². The Labute approximate surface area is 237 Å². The quantitative estimate of drug-likeness (QED) is 0.232. The van der Waals surface area contributed by atoms with Crippen molar-refractivity contribution in [3.8, 4) is 0 Å². The van der Waals surface area contributed by atoms with Gasteiger partial charge in [-0.1, -0.05) is 60.2 Å². The van der Waals surface area contributed by atoms with Gasteiger partial charge in [-0.25, -0.2) is 5.48 Å². The summed E-state index contributed by atoms with van der Waals surface area (Å²) in [5.74, 6) is -2.42. The van der Waals surface area contributed by atoms with Gasteiger partial charge in [-0.2, -0.15) is 0 Å². The highest BCUT2D eigenvalue weighted by atomic mass is 35.5. The second kappa shape index (κ2) is 12.4.